The molecule has 0 bridgehead atoms. The van der Waals surface area contributed by atoms with Crippen LogP contribution in [-0.2, 0) is 36.5 Å². The Hall–Kier alpha value is -1.67. The molecular formula is C18H26N4O3S. The minimum Gasteiger partial charge on any atom is -0.360 e. The smallest absolute Gasteiger partial charge is 0.249 e. The predicted octanol–water partition coefficient (Wildman–Crippen LogP) is 2.65. The van der Waals surface area contributed by atoms with Crippen LogP contribution < -0.4 is 0 Å². The van der Waals surface area contributed by atoms with Crippen molar-refractivity contribution in [3.05, 3.63) is 28.4 Å². The lowest BCUT2D eigenvalue weighted by Gasteiger charge is -2.27. The van der Waals surface area contributed by atoms with Crippen LogP contribution in [0.1, 0.15) is 60.5 Å². The van der Waals surface area contributed by atoms with Gasteiger partial charge in [-0.15, -0.1) is 0 Å². The maximum Gasteiger partial charge on any atom is 0.249 e. The summed E-state index contributed by atoms with van der Waals surface area (Å²) < 4.78 is 35.8. The normalized spacial score (nSPS) is 18.2. The van der Waals surface area contributed by atoms with Crippen LogP contribution in [0, 0.1) is 13.8 Å². The minimum atomic E-state index is -3.68. The van der Waals surface area contributed by atoms with Crippen molar-refractivity contribution in [1.29, 1.82) is 0 Å². The van der Waals surface area contributed by atoms with Gasteiger partial charge in [0.1, 0.15) is 10.6 Å². The lowest BCUT2D eigenvalue weighted by molar-refractivity contribution is 0.310. The van der Waals surface area contributed by atoms with Crippen molar-refractivity contribution in [2.45, 2.75) is 76.3 Å². The maximum absolute atomic E-state index is 13.5. The van der Waals surface area contributed by atoms with Gasteiger partial charge >= 0.3 is 0 Å². The summed E-state index contributed by atoms with van der Waals surface area (Å²) in [7, 11) is -1.73. The first-order valence-electron chi connectivity index (χ1n) is 9.38. The van der Waals surface area contributed by atoms with Crippen LogP contribution in [0.2, 0.25) is 0 Å². The van der Waals surface area contributed by atoms with Crippen molar-refractivity contribution in [2.24, 2.45) is 7.05 Å². The molecule has 0 unspecified atom stereocenters. The molecule has 1 fully saturated rings. The van der Waals surface area contributed by atoms with E-state index in [1.165, 1.54) is 11.3 Å². The Kier molecular flexibility index (Phi) is 4.43. The largest absolute Gasteiger partial charge is 0.360 e. The molecule has 4 rings (SSSR count). The maximum atomic E-state index is 13.5. The van der Waals surface area contributed by atoms with Gasteiger partial charge in [-0.25, -0.2) is 8.42 Å². The lowest BCUT2D eigenvalue weighted by Crippen LogP contribution is -2.39. The average Bonchev–Trinajstić information content (AvgIpc) is 3.33. The number of fused-ring (bicyclic) bond motifs is 1. The molecule has 0 saturated heterocycles. The van der Waals surface area contributed by atoms with E-state index in [0.29, 0.717) is 18.0 Å². The van der Waals surface area contributed by atoms with Gasteiger partial charge in [-0.1, -0.05) is 18.0 Å². The molecule has 2 aromatic rings. The van der Waals surface area contributed by atoms with Crippen LogP contribution in [-0.4, -0.2) is 33.7 Å². The SMILES string of the molecule is Cc1noc(C)c1S(=O)(=O)N(Cc1nn(C)c2c1CCC2)C1CCCC1. The third-order valence-electron chi connectivity index (χ3n) is 5.77. The fraction of sp³-hybridized carbons (Fsp3) is 0.667. The zero-order valence-electron chi connectivity index (χ0n) is 15.7. The molecule has 0 aromatic carbocycles. The molecule has 0 N–H and O–H groups in total. The van der Waals surface area contributed by atoms with Crippen LogP contribution in [0.4, 0.5) is 0 Å². The van der Waals surface area contributed by atoms with E-state index in [2.05, 4.69) is 10.3 Å². The Morgan fingerprint density at radius 3 is 2.58 bits per heavy atom. The molecule has 0 radical (unpaired) electrons. The fourth-order valence-electron chi connectivity index (χ4n) is 4.53. The molecule has 2 aliphatic carbocycles. The Morgan fingerprint density at radius 1 is 1.19 bits per heavy atom. The van der Waals surface area contributed by atoms with E-state index in [9.17, 15) is 8.42 Å². The van der Waals surface area contributed by atoms with Crippen molar-refractivity contribution in [2.75, 3.05) is 0 Å². The highest BCUT2D eigenvalue weighted by Crippen LogP contribution is 2.34. The molecule has 0 aliphatic heterocycles. The van der Waals surface area contributed by atoms with Gasteiger partial charge in [0.15, 0.2) is 5.76 Å². The molecule has 7 nitrogen and oxygen atoms in total. The second kappa shape index (κ2) is 6.49. The van der Waals surface area contributed by atoms with Gasteiger partial charge in [0, 0.05) is 18.8 Å². The van der Waals surface area contributed by atoms with Crippen molar-refractivity contribution in [3.63, 3.8) is 0 Å². The number of sulfonamides is 1. The van der Waals surface area contributed by atoms with Crippen LogP contribution in [0.25, 0.3) is 0 Å². The summed E-state index contributed by atoms with van der Waals surface area (Å²) >= 11 is 0. The van der Waals surface area contributed by atoms with Crippen molar-refractivity contribution >= 4 is 10.0 Å². The van der Waals surface area contributed by atoms with E-state index < -0.39 is 10.0 Å². The molecular weight excluding hydrogens is 352 g/mol. The number of nitrogens with zero attached hydrogens (tertiary/aromatic N) is 4. The second-order valence-corrected chi connectivity index (χ2v) is 9.32. The molecule has 0 atom stereocenters. The molecule has 26 heavy (non-hydrogen) atoms. The standard InChI is InChI=1S/C18H26N4O3S/c1-12-18(13(2)25-20-12)26(23,24)22(14-7-4-5-8-14)11-16-15-9-6-10-17(15)21(3)19-16/h14H,4-11H2,1-3H3. The molecule has 8 heteroatoms. The number of aryl methyl sites for hydroxylation is 3. The van der Waals surface area contributed by atoms with E-state index in [4.69, 9.17) is 4.52 Å². The van der Waals surface area contributed by atoms with Crippen LogP contribution in [0.3, 0.4) is 0 Å². The lowest BCUT2D eigenvalue weighted by atomic mass is 10.2. The van der Waals surface area contributed by atoms with Gasteiger partial charge in [-0.3, -0.25) is 4.68 Å². The van der Waals surface area contributed by atoms with Crippen LogP contribution >= 0.6 is 0 Å². The van der Waals surface area contributed by atoms with Gasteiger partial charge < -0.3 is 4.52 Å². The first kappa shape index (κ1) is 17.7. The first-order valence-corrected chi connectivity index (χ1v) is 10.8. The monoisotopic (exact) mass is 378 g/mol. The Bertz CT molecular complexity index is 903. The Labute approximate surface area is 154 Å². The summed E-state index contributed by atoms with van der Waals surface area (Å²) in [6.07, 6.45) is 7.07. The molecule has 0 spiro atoms. The number of rotatable bonds is 5. The first-order chi connectivity index (χ1) is 12.4. The van der Waals surface area contributed by atoms with E-state index in [1.807, 2.05) is 11.7 Å². The number of hydrogen-bond donors (Lipinski definition) is 0. The Morgan fingerprint density at radius 2 is 1.92 bits per heavy atom. The summed E-state index contributed by atoms with van der Waals surface area (Å²) in [6, 6.07) is 0.0211. The third kappa shape index (κ3) is 2.79. The zero-order valence-corrected chi connectivity index (χ0v) is 16.5. The van der Waals surface area contributed by atoms with E-state index in [0.717, 1.165) is 50.6 Å². The molecule has 2 aromatic heterocycles. The van der Waals surface area contributed by atoms with Gasteiger partial charge in [0.2, 0.25) is 10.0 Å². The molecule has 2 heterocycles. The van der Waals surface area contributed by atoms with Crippen molar-refractivity contribution in [1.82, 2.24) is 19.2 Å². The molecule has 142 valence electrons. The third-order valence-corrected chi connectivity index (χ3v) is 7.91. The summed E-state index contributed by atoms with van der Waals surface area (Å²) in [6.45, 7) is 3.69. The highest BCUT2D eigenvalue weighted by atomic mass is 32.2. The van der Waals surface area contributed by atoms with Gasteiger partial charge in [0.25, 0.3) is 0 Å². The minimum absolute atomic E-state index is 0.0211. The van der Waals surface area contributed by atoms with Gasteiger partial charge in [-0.2, -0.15) is 9.40 Å². The van der Waals surface area contributed by atoms with Crippen molar-refractivity contribution in [3.8, 4) is 0 Å². The fourth-order valence-corrected chi connectivity index (χ4v) is 6.48. The summed E-state index contributed by atoms with van der Waals surface area (Å²) in [5.41, 5.74) is 3.82. The average molecular weight is 378 g/mol. The second-order valence-electron chi connectivity index (χ2n) is 7.49. The summed E-state index contributed by atoms with van der Waals surface area (Å²) in [5, 5.41) is 8.51. The van der Waals surface area contributed by atoms with Gasteiger partial charge in [0.05, 0.1) is 12.2 Å². The zero-order chi connectivity index (χ0) is 18.5. The molecule has 0 amide bonds. The van der Waals surface area contributed by atoms with E-state index >= 15 is 0 Å². The topological polar surface area (TPSA) is 81.2 Å². The predicted molar refractivity (Wildman–Crippen MR) is 96.2 cm³/mol. The van der Waals surface area contributed by atoms with E-state index in [1.54, 1.807) is 18.2 Å². The molecule has 2 aliphatic rings. The quantitative estimate of drug-likeness (QED) is 0.799. The van der Waals surface area contributed by atoms with Crippen molar-refractivity contribution < 1.29 is 12.9 Å². The summed E-state index contributed by atoms with van der Waals surface area (Å²) in [4.78, 5) is 0.219. The highest BCUT2D eigenvalue weighted by molar-refractivity contribution is 7.89. The Balaban J connectivity index is 1.75. The molecule has 1 saturated carbocycles. The van der Waals surface area contributed by atoms with Crippen LogP contribution in [0.15, 0.2) is 9.42 Å². The summed E-state index contributed by atoms with van der Waals surface area (Å²) in [5.74, 6) is 0.358. The number of hydrogen-bond acceptors (Lipinski definition) is 5. The van der Waals surface area contributed by atoms with Gasteiger partial charge in [-0.05, 0) is 51.5 Å². The van der Waals surface area contributed by atoms with E-state index in [-0.39, 0.29) is 10.9 Å². The van der Waals surface area contributed by atoms with Crippen LogP contribution in [0.5, 0.6) is 0 Å². The number of aromatic nitrogens is 3. The highest BCUT2D eigenvalue weighted by Gasteiger charge is 2.38.